The van der Waals surface area contributed by atoms with E-state index in [1.807, 2.05) is 6.92 Å². The average Bonchev–Trinajstić information content (AvgIpc) is 2.80. The molecular formula is C21H31IO8S. The lowest BCUT2D eigenvalue weighted by atomic mass is 10.2. The summed E-state index contributed by atoms with van der Waals surface area (Å²) >= 11 is 1.40. The molecule has 1 N–H and O–H groups in total. The van der Waals surface area contributed by atoms with Gasteiger partial charge < -0.3 is 24.1 Å². The van der Waals surface area contributed by atoms with Gasteiger partial charge in [-0.25, -0.2) is 0 Å². The van der Waals surface area contributed by atoms with Crippen molar-refractivity contribution in [3.05, 3.63) is 29.8 Å². The van der Waals surface area contributed by atoms with Crippen LogP contribution in [-0.4, -0.2) is 80.2 Å². The lowest BCUT2D eigenvalue weighted by Crippen LogP contribution is -2.13. The van der Waals surface area contributed by atoms with Gasteiger partial charge in [0.15, 0.2) is 0 Å². The summed E-state index contributed by atoms with van der Waals surface area (Å²) in [5.74, 6) is 4.66. The Kier molecular flexibility index (Phi) is 21.1. The molecule has 0 heterocycles. The summed E-state index contributed by atoms with van der Waals surface area (Å²) in [6, 6.07) is 6.46. The first-order valence-corrected chi connectivity index (χ1v) is 10.6. The predicted molar refractivity (Wildman–Crippen MR) is 128 cm³/mol. The van der Waals surface area contributed by atoms with Crippen LogP contribution in [0, 0.1) is 31.6 Å². The molecule has 0 spiro atoms. The second-order valence-electron chi connectivity index (χ2n) is 5.55. The van der Waals surface area contributed by atoms with Crippen LogP contribution in [0.4, 0.5) is 0 Å². The third-order valence-corrected chi connectivity index (χ3v) is 4.45. The number of rotatable bonds is 15. The molecule has 0 radical (unpaired) electrons. The monoisotopic (exact) mass is 572 g/mol. The molecule has 0 saturated heterocycles. The molecule has 31 heavy (non-hydrogen) atoms. The number of halogens is 1. The van der Waals surface area contributed by atoms with E-state index in [1.54, 1.807) is 12.1 Å². The number of terminal acetylenes is 2. The second-order valence-corrected chi connectivity index (χ2v) is 7.17. The summed E-state index contributed by atoms with van der Waals surface area (Å²) < 4.78 is 54.1. The summed E-state index contributed by atoms with van der Waals surface area (Å²) in [4.78, 5) is 0.139. The van der Waals surface area contributed by atoms with Gasteiger partial charge in [-0.2, -0.15) is 8.42 Å². The van der Waals surface area contributed by atoms with Crippen LogP contribution >= 0.6 is 23.8 Å². The molecule has 0 aliphatic carbocycles. The number of aliphatic hydroxyl groups excluding tert-OH is 1. The average molecular weight is 572 g/mol. The largest absolute Gasteiger partial charge is 0.394 e. The van der Waals surface area contributed by atoms with E-state index in [-0.39, 0.29) is 31.3 Å². The molecule has 8 nitrogen and oxygen atoms in total. The van der Waals surface area contributed by atoms with E-state index < -0.39 is 10.1 Å². The highest BCUT2D eigenvalue weighted by Crippen LogP contribution is 2.12. The quantitative estimate of drug-likeness (QED) is 0.147. The van der Waals surface area contributed by atoms with Crippen LogP contribution in [0.3, 0.4) is 0 Å². The van der Waals surface area contributed by atoms with E-state index in [2.05, 4.69) is 11.8 Å². The summed E-state index contributed by atoms with van der Waals surface area (Å²) in [6.45, 7) is 4.68. The lowest BCUT2D eigenvalue weighted by Gasteiger charge is -2.07. The summed E-state index contributed by atoms with van der Waals surface area (Å²) in [5.41, 5.74) is 0.985. The molecule has 10 heteroatoms. The number of hydrogen-bond donors (Lipinski definition) is 1. The van der Waals surface area contributed by atoms with Crippen molar-refractivity contribution in [2.75, 3.05) is 66.1 Å². The fourth-order valence-electron chi connectivity index (χ4n) is 1.74. The van der Waals surface area contributed by atoms with Crippen LogP contribution in [0.2, 0.25) is 0 Å². The van der Waals surface area contributed by atoms with Crippen molar-refractivity contribution in [2.24, 2.45) is 0 Å². The van der Waals surface area contributed by atoms with Crippen molar-refractivity contribution in [3.63, 3.8) is 0 Å². The van der Waals surface area contributed by atoms with Crippen molar-refractivity contribution < 1.29 is 36.7 Å². The minimum atomic E-state index is -3.72. The fraction of sp³-hybridized carbons (Fsp3) is 0.524. The molecule has 0 atom stereocenters. The summed E-state index contributed by atoms with van der Waals surface area (Å²) in [6.07, 6.45) is 9.91. The topological polar surface area (TPSA) is 101 Å². The number of hydrogen-bond acceptors (Lipinski definition) is 8. The summed E-state index contributed by atoms with van der Waals surface area (Å²) in [5, 5.41) is 8.27. The molecule has 1 aromatic rings. The van der Waals surface area contributed by atoms with E-state index in [9.17, 15) is 8.42 Å². The van der Waals surface area contributed by atoms with E-state index in [0.29, 0.717) is 39.6 Å². The van der Waals surface area contributed by atoms with Gasteiger partial charge in [-0.05, 0) is 19.1 Å². The van der Waals surface area contributed by atoms with E-state index in [4.69, 9.17) is 41.7 Å². The van der Waals surface area contributed by atoms with Crippen molar-refractivity contribution >= 4 is 33.9 Å². The van der Waals surface area contributed by atoms with Gasteiger partial charge in [0.2, 0.25) is 0 Å². The van der Waals surface area contributed by atoms with Crippen LogP contribution < -0.4 is 0 Å². The standard InChI is InChI=1S/C14H18O5S.C7H12O3.HI/c1-3-8-17-9-10-18-11-12-19-20(15,16)14-6-4-13(2)5-7-14;1-2-4-9-6-7-10-5-3-8;/h1,4-7H,8-12H2,2H3;1,8H,3-7H2;1H/i/hT. The highest BCUT2D eigenvalue weighted by Gasteiger charge is 2.14. The number of ether oxygens (including phenoxy) is 4. The Balaban J connectivity index is 0. The van der Waals surface area contributed by atoms with Crippen molar-refractivity contribution in [2.45, 2.75) is 11.8 Å². The smallest absolute Gasteiger partial charge is 0.297 e. The Labute approximate surface area is 203 Å². The van der Waals surface area contributed by atoms with Crippen LogP contribution in [0.25, 0.3) is 0 Å². The Hall–Kier alpha value is -1.22. The Morgan fingerprint density at radius 2 is 1.32 bits per heavy atom. The minimum absolute atomic E-state index is 0.0364. The Bertz CT molecular complexity index is 730. The zero-order chi connectivity index (χ0) is 24.5. The van der Waals surface area contributed by atoms with Crippen LogP contribution in [-0.2, 0) is 33.2 Å². The zero-order valence-electron chi connectivity index (χ0n) is 18.6. The van der Waals surface area contributed by atoms with Crippen LogP contribution in [0.15, 0.2) is 29.2 Å². The van der Waals surface area contributed by atoms with Gasteiger partial charge in [0.25, 0.3) is 10.1 Å². The molecule has 0 aliphatic heterocycles. The fourth-order valence-corrected chi connectivity index (χ4v) is 2.64. The van der Waals surface area contributed by atoms with Crippen molar-refractivity contribution in [1.29, 1.82) is 0.594 Å². The van der Waals surface area contributed by atoms with Crippen LogP contribution in [0.1, 0.15) is 5.56 Å². The zero-order valence-corrected chi connectivity index (χ0v) is 20.6. The maximum absolute atomic E-state index is 11.8. The molecule has 0 aliphatic rings. The van der Waals surface area contributed by atoms with Gasteiger partial charge in [-0.15, -0.1) is 36.6 Å². The molecule has 0 fully saturated rings. The minimum Gasteiger partial charge on any atom is -0.394 e. The number of benzene rings is 1. The maximum Gasteiger partial charge on any atom is 0.297 e. The van der Waals surface area contributed by atoms with Gasteiger partial charge in [0.1, 0.15) is 13.8 Å². The third kappa shape index (κ3) is 19.2. The normalized spacial score (nSPS) is 10.4. The molecule has 1 aromatic carbocycles. The van der Waals surface area contributed by atoms with Gasteiger partial charge in [0, 0.05) is 0 Å². The molecule has 1 rings (SSSR count). The molecule has 0 amide bonds. The van der Waals surface area contributed by atoms with Crippen LogP contribution in [0.5, 0.6) is 0 Å². The number of aliphatic hydroxyl groups is 1. The lowest BCUT2D eigenvalue weighted by molar-refractivity contribution is 0.0424. The Morgan fingerprint density at radius 1 is 0.871 bits per heavy atom. The first kappa shape index (κ1) is 29.8. The Morgan fingerprint density at radius 3 is 1.81 bits per heavy atom. The third-order valence-electron chi connectivity index (χ3n) is 3.13. The molecule has 0 aromatic heterocycles. The highest BCUT2D eigenvalue weighted by molar-refractivity contribution is 14.0. The molecule has 0 bridgehead atoms. The van der Waals surface area contributed by atoms with E-state index in [0.717, 1.165) is 5.56 Å². The van der Waals surface area contributed by atoms with Gasteiger partial charge in [-0.1, -0.05) is 29.5 Å². The first-order valence-electron chi connectivity index (χ1n) is 9.60. The maximum atomic E-state index is 11.8. The van der Waals surface area contributed by atoms with E-state index >= 15 is 0 Å². The molecular weight excluding hydrogens is 539 g/mol. The molecule has 0 saturated carbocycles. The van der Waals surface area contributed by atoms with Crippen molar-refractivity contribution in [3.8, 4) is 24.7 Å². The molecule has 176 valence electrons. The highest BCUT2D eigenvalue weighted by atomic mass is 127. The van der Waals surface area contributed by atoms with E-state index in [1.165, 1.54) is 35.9 Å². The van der Waals surface area contributed by atoms with Gasteiger partial charge in [-0.3, -0.25) is 4.18 Å². The SMILES string of the molecule is C#CCOCCOCCO.C#CCOCCOCCOS(=O)(=O)c1ccc(C)cc1.[3H]I. The van der Waals surface area contributed by atoms with Crippen molar-refractivity contribution in [1.82, 2.24) is 0 Å². The van der Waals surface area contributed by atoms with Gasteiger partial charge in [0.05, 0.1) is 57.8 Å². The predicted octanol–water partition coefficient (Wildman–Crippen LogP) is 1.63. The first-order chi connectivity index (χ1) is 15.5. The second kappa shape index (κ2) is 22.0. The summed E-state index contributed by atoms with van der Waals surface area (Å²) in [7, 11) is -3.72. The van der Waals surface area contributed by atoms with Gasteiger partial charge >= 0.3 is 0 Å². The number of aryl methyl sites for hydroxylation is 1. The molecule has 0 unspecified atom stereocenters.